The molecule has 1 N–H and O–H groups in total. The number of carbonyl (C=O) groups excluding carboxylic acids is 1. The molecule has 0 aliphatic heterocycles. The molecule has 0 saturated carbocycles. The highest BCUT2D eigenvalue weighted by molar-refractivity contribution is 6.01. The molecule has 112 valence electrons. The molecule has 0 fully saturated rings. The van der Waals surface area contributed by atoms with Crippen molar-refractivity contribution in [2.24, 2.45) is 0 Å². The van der Waals surface area contributed by atoms with Gasteiger partial charge in [0.05, 0.1) is 11.2 Å². The van der Waals surface area contributed by atoms with E-state index in [2.05, 4.69) is 22.1 Å². The van der Waals surface area contributed by atoms with Crippen LogP contribution in [0.5, 0.6) is 0 Å². The van der Waals surface area contributed by atoms with Crippen LogP contribution in [0, 0.1) is 18.8 Å². The Balaban J connectivity index is 2.10. The van der Waals surface area contributed by atoms with Crippen molar-refractivity contribution in [3.63, 3.8) is 0 Å². The van der Waals surface area contributed by atoms with E-state index < -0.39 is 0 Å². The van der Waals surface area contributed by atoms with Gasteiger partial charge in [0, 0.05) is 29.6 Å². The third kappa shape index (κ3) is 3.22. The van der Waals surface area contributed by atoms with Gasteiger partial charge >= 0.3 is 0 Å². The van der Waals surface area contributed by atoms with Crippen molar-refractivity contribution in [3.8, 4) is 11.8 Å². The van der Waals surface area contributed by atoms with Gasteiger partial charge in [0.25, 0.3) is 0 Å². The van der Waals surface area contributed by atoms with Crippen molar-refractivity contribution in [3.05, 3.63) is 71.4 Å². The molecule has 0 bridgehead atoms. The lowest BCUT2D eigenvalue weighted by Gasteiger charge is -2.07. The van der Waals surface area contributed by atoms with Crippen LogP contribution < -0.4 is 5.32 Å². The first kappa shape index (κ1) is 14.8. The Bertz CT molecular complexity index is 949. The number of aryl methyl sites for hydroxylation is 1. The van der Waals surface area contributed by atoms with Gasteiger partial charge in [0.2, 0.25) is 5.91 Å². The van der Waals surface area contributed by atoms with Crippen LogP contribution in [0.15, 0.2) is 54.7 Å². The highest BCUT2D eigenvalue weighted by Crippen LogP contribution is 2.24. The fourth-order valence-electron chi connectivity index (χ4n) is 2.42. The van der Waals surface area contributed by atoms with E-state index >= 15 is 0 Å². The first-order valence-electron chi connectivity index (χ1n) is 7.38. The molecule has 1 amide bonds. The molecular weight excluding hydrogens is 284 g/mol. The Labute approximate surface area is 135 Å². The number of nitrogens with one attached hydrogen (secondary N) is 1. The lowest BCUT2D eigenvalue weighted by Crippen LogP contribution is -2.06. The van der Waals surface area contributed by atoms with Gasteiger partial charge in [-0.2, -0.15) is 0 Å². The number of pyridine rings is 1. The number of fused-ring (bicyclic) bond motifs is 1. The van der Waals surface area contributed by atoms with Crippen LogP contribution in [-0.2, 0) is 4.79 Å². The van der Waals surface area contributed by atoms with E-state index in [1.54, 1.807) is 6.20 Å². The van der Waals surface area contributed by atoms with E-state index in [-0.39, 0.29) is 5.91 Å². The van der Waals surface area contributed by atoms with Gasteiger partial charge < -0.3 is 5.32 Å². The molecule has 0 spiro atoms. The Morgan fingerprint density at radius 1 is 1.00 bits per heavy atom. The van der Waals surface area contributed by atoms with Crippen molar-refractivity contribution in [1.82, 2.24) is 4.98 Å². The number of aromatic nitrogens is 1. The van der Waals surface area contributed by atoms with Gasteiger partial charge in [-0.3, -0.25) is 9.78 Å². The molecule has 3 aromatic rings. The standard InChI is InChI=1S/C20H16N2O/c1-14-6-3-4-7-16(14)9-10-17-11-12-19(22-15(2)23)20-18(17)8-5-13-21-20/h3-8,11-13H,1-2H3,(H,22,23). The van der Waals surface area contributed by atoms with Crippen molar-refractivity contribution in [1.29, 1.82) is 0 Å². The molecule has 0 aliphatic rings. The summed E-state index contributed by atoms with van der Waals surface area (Å²) in [5.74, 6) is 6.32. The zero-order chi connectivity index (χ0) is 16.2. The maximum absolute atomic E-state index is 11.3. The zero-order valence-electron chi connectivity index (χ0n) is 13.1. The van der Waals surface area contributed by atoms with Crippen LogP contribution in [-0.4, -0.2) is 10.9 Å². The van der Waals surface area contributed by atoms with E-state index in [4.69, 9.17) is 0 Å². The molecule has 0 radical (unpaired) electrons. The van der Waals surface area contributed by atoms with Gasteiger partial charge in [-0.25, -0.2) is 0 Å². The summed E-state index contributed by atoms with van der Waals surface area (Å²) < 4.78 is 0. The normalized spacial score (nSPS) is 10.0. The predicted molar refractivity (Wildman–Crippen MR) is 93.2 cm³/mol. The van der Waals surface area contributed by atoms with Crippen LogP contribution in [0.4, 0.5) is 5.69 Å². The minimum Gasteiger partial charge on any atom is -0.324 e. The molecule has 3 nitrogen and oxygen atoms in total. The number of hydrogen-bond acceptors (Lipinski definition) is 2. The number of rotatable bonds is 1. The fraction of sp³-hybridized carbons (Fsp3) is 0.100. The van der Waals surface area contributed by atoms with Gasteiger partial charge in [-0.15, -0.1) is 0 Å². The second kappa shape index (κ2) is 6.33. The average molecular weight is 300 g/mol. The third-order valence-corrected chi connectivity index (χ3v) is 3.56. The fourth-order valence-corrected chi connectivity index (χ4v) is 2.42. The molecule has 0 saturated heterocycles. The number of benzene rings is 2. The quantitative estimate of drug-likeness (QED) is 0.692. The van der Waals surface area contributed by atoms with Crippen molar-refractivity contribution in [2.45, 2.75) is 13.8 Å². The van der Waals surface area contributed by atoms with E-state index in [1.165, 1.54) is 6.92 Å². The van der Waals surface area contributed by atoms with E-state index in [9.17, 15) is 4.79 Å². The number of anilines is 1. The second-order valence-corrected chi connectivity index (χ2v) is 5.31. The largest absolute Gasteiger partial charge is 0.324 e. The zero-order valence-corrected chi connectivity index (χ0v) is 13.1. The average Bonchev–Trinajstić information content (AvgIpc) is 2.55. The van der Waals surface area contributed by atoms with Crippen molar-refractivity contribution < 1.29 is 4.79 Å². The minimum absolute atomic E-state index is 0.115. The maximum atomic E-state index is 11.3. The topological polar surface area (TPSA) is 42.0 Å². The SMILES string of the molecule is CC(=O)Nc1ccc(C#Cc2ccccc2C)c2cccnc12. The molecule has 0 aliphatic carbocycles. The van der Waals surface area contributed by atoms with Gasteiger partial charge in [0.1, 0.15) is 0 Å². The lowest BCUT2D eigenvalue weighted by atomic mass is 10.1. The van der Waals surface area contributed by atoms with Crippen LogP contribution in [0.1, 0.15) is 23.6 Å². The van der Waals surface area contributed by atoms with E-state index in [1.807, 2.05) is 55.5 Å². The van der Waals surface area contributed by atoms with Crippen LogP contribution in [0.2, 0.25) is 0 Å². The highest BCUT2D eigenvalue weighted by Gasteiger charge is 2.06. The molecule has 23 heavy (non-hydrogen) atoms. The lowest BCUT2D eigenvalue weighted by molar-refractivity contribution is -0.114. The molecular formula is C20H16N2O. The molecule has 1 heterocycles. The van der Waals surface area contributed by atoms with Crippen LogP contribution in [0.3, 0.4) is 0 Å². The summed E-state index contributed by atoms with van der Waals surface area (Å²) in [6.45, 7) is 3.53. The Morgan fingerprint density at radius 2 is 1.78 bits per heavy atom. The number of amides is 1. The molecule has 0 unspecified atom stereocenters. The smallest absolute Gasteiger partial charge is 0.221 e. The summed E-state index contributed by atoms with van der Waals surface area (Å²) in [5.41, 5.74) is 4.51. The summed E-state index contributed by atoms with van der Waals surface area (Å²) in [5, 5.41) is 3.74. The predicted octanol–water partition coefficient (Wildman–Crippen LogP) is 3.90. The van der Waals surface area contributed by atoms with Crippen molar-refractivity contribution >= 4 is 22.5 Å². The van der Waals surface area contributed by atoms with Gasteiger partial charge in [0.15, 0.2) is 0 Å². The molecule has 3 rings (SSSR count). The number of nitrogens with zero attached hydrogens (tertiary/aromatic N) is 1. The van der Waals surface area contributed by atoms with Crippen molar-refractivity contribution in [2.75, 3.05) is 5.32 Å². The molecule has 0 atom stereocenters. The monoisotopic (exact) mass is 300 g/mol. The van der Waals surface area contributed by atoms with E-state index in [0.29, 0.717) is 5.69 Å². The third-order valence-electron chi connectivity index (χ3n) is 3.56. The Kier molecular flexibility index (Phi) is 4.07. The van der Waals surface area contributed by atoms with Gasteiger partial charge in [-0.1, -0.05) is 30.0 Å². The maximum Gasteiger partial charge on any atom is 0.221 e. The second-order valence-electron chi connectivity index (χ2n) is 5.31. The first-order valence-corrected chi connectivity index (χ1v) is 7.38. The number of carbonyl (C=O) groups is 1. The Hall–Kier alpha value is -3.12. The molecule has 2 aromatic carbocycles. The number of hydrogen-bond donors (Lipinski definition) is 1. The summed E-state index contributed by atoms with van der Waals surface area (Å²) >= 11 is 0. The summed E-state index contributed by atoms with van der Waals surface area (Å²) in [6, 6.07) is 15.6. The Morgan fingerprint density at radius 3 is 2.57 bits per heavy atom. The summed E-state index contributed by atoms with van der Waals surface area (Å²) in [4.78, 5) is 15.7. The van der Waals surface area contributed by atoms with Crippen LogP contribution >= 0.6 is 0 Å². The molecule has 3 heteroatoms. The summed E-state index contributed by atoms with van der Waals surface area (Å²) in [6.07, 6.45) is 1.71. The van der Waals surface area contributed by atoms with Crippen LogP contribution in [0.25, 0.3) is 10.9 Å². The van der Waals surface area contributed by atoms with E-state index in [0.717, 1.165) is 27.6 Å². The highest BCUT2D eigenvalue weighted by atomic mass is 16.1. The first-order chi connectivity index (χ1) is 11.1. The van der Waals surface area contributed by atoms with Gasteiger partial charge in [-0.05, 0) is 42.8 Å². The molecule has 1 aromatic heterocycles. The minimum atomic E-state index is -0.115. The summed E-state index contributed by atoms with van der Waals surface area (Å²) in [7, 11) is 0.